The fourth-order valence-electron chi connectivity index (χ4n) is 1.93. The van der Waals surface area contributed by atoms with Gasteiger partial charge in [-0.15, -0.1) is 11.3 Å². The quantitative estimate of drug-likeness (QED) is 0.582. The molecule has 0 aliphatic carbocycles. The second-order valence-electron chi connectivity index (χ2n) is 4.72. The van der Waals surface area contributed by atoms with Crippen LogP contribution < -0.4 is 0 Å². The number of thiophene rings is 1. The summed E-state index contributed by atoms with van der Waals surface area (Å²) >= 11 is 6.95. The van der Waals surface area contributed by atoms with Crippen LogP contribution in [0.25, 0.3) is 11.4 Å². The summed E-state index contributed by atoms with van der Waals surface area (Å²) in [6.45, 7) is 4.13. The molecule has 1 aromatic carbocycles. The first-order chi connectivity index (χ1) is 10.1. The van der Waals surface area contributed by atoms with Crippen LogP contribution in [0.3, 0.4) is 0 Å². The number of hydrogen-bond acceptors (Lipinski definition) is 4. The maximum absolute atomic E-state index is 5.25. The van der Waals surface area contributed by atoms with Crippen molar-refractivity contribution in [2.75, 3.05) is 0 Å². The normalized spacial score (nSPS) is 11.3. The number of aromatic nitrogens is 3. The second kappa shape index (κ2) is 5.75. The third kappa shape index (κ3) is 3.01. The van der Waals surface area contributed by atoms with Gasteiger partial charge in [-0.05, 0) is 38.2 Å². The van der Waals surface area contributed by atoms with Gasteiger partial charge in [0.25, 0.3) is 0 Å². The molecule has 0 aliphatic rings. The first kappa shape index (κ1) is 13.9. The fraction of sp³-hybridized carbons (Fsp3) is 0.133. The average molecular weight is 314 g/mol. The molecule has 21 heavy (non-hydrogen) atoms. The van der Waals surface area contributed by atoms with Crippen molar-refractivity contribution in [3.8, 4) is 11.4 Å². The van der Waals surface area contributed by atoms with E-state index in [2.05, 4.69) is 35.2 Å². The Morgan fingerprint density at radius 3 is 2.62 bits per heavy atom. The van der Waals surface area contributed by atoms with Crippen molar-refractivity contribution < 1.29 is 0 Å². The summed E-state index contributed by atoms with van der Waals surface area (Å²) < 4.78 is 2.13. The number of rotatable bonds is 3. The number of aromatic amines is 1. The molecule has 3 aromatic rings. The Morgan fingerprint density at radius 2 is 1.95 bits per heavy atom. The lowest BCUT2D eigenvalue weighted by molar-refractivity contribution is 0.872. The molecule has 0 atom stereocenters. The minimum absolute atomic E-state index is 0.482. The van der Waals surface area contributed by atoms with E-state index < -0.39 is 0 Å². The SMILES string of the molecule is Cc1ccc(-c2n[nH]c(=S)n2N=Cc2ccc(C)s2)cc1. The highest BCUT2D eigenvalue weighted by Gasteiger charge is 2.07. The van der Waals surface area contributed by atoms with Crippen LogP contribution in [0.15, 0.2) is 41.5 Å². The lowest BCUT2D eigenvalue weighted by Crippen LogP contribution is -1.94. The maximum atomic E-state index is 5.25. The minimum Gasteiger partial charge on any atom is -0.250 e. The molecule has 0 radical (unpaired) electrons. The summed E-state index contributed by atoms with van der Waals surface area (Å²) in [5.41, 5.74) is 2.18. The second-order valence-corrected chi connectivity index (χ2v) is 6.43. The van der Waals surface area contributed by atoms with E-state index in [1.165, 1.54) is 10.4 Å². The zero-order valence-electron chi connectivity index (χ0n) is 11.7. The summed E-state index contributed by atoms with van der Waals surface area (Å²) in [6, 6.07) is 12.2. The number of benzene rings is 1. The molecule has 2 heterocycles. The molecule has 0 saturated heterocycles. The van der Waals surface area contributed by atoms with E-state index in [9.17, 15) is 0 Å². The Balaban J connectivity index is 1.99. The van der Waals surface area contributed by atoms with E-state index in [4.69, 9.17) is 12.2 Å². The molecule has 1 N–H and O–H groups in total. The number of hydrogen-bond donors (Lipinski definition) is 1. The molecular formula is C15H14N4S2. The first-order valence-corrected chi connectivity index (χ1v) is 7.71. The van der Waals surface area contributed by atoms with E-state index in [0.717, 1.165) is 10.4 Å². The molecular weight excluding hydrogens is 300 g/mol. The van der Waals surface area contributed by atoms with Crippen LogP contribution in [-0.4, -0.2) is 21.1 Å². The molecule has 0 bridgehead atoms. The zero-order valence-corrected chi connectivity index (χ0v) is 13.3. The average Bonchev–Trinajstić information content (AvgIpc) is 3.04. The van der Waals surface area contributed by atoms with E-state index in [1.54, 1.807) is 22.2 Å². The van der Waals surface area contributed by atoms with Crippen LogP contribution in [0.4, 0.5) is 0 Å². The van der Waals surface area contributed by atoms with Gasteiger partial charge in [0.2, 0.25) is 4.77 Å². The van der Waals surface area contributed by atoms with Crippen LogP contribution in [0.2, 0.25) is 0 Å². The van der Waals surface area contributed by atoms with Crippen molar-refractivity contribution in [1.29, 1.82) is 0 Å². The third-order valence-corrected chi connectivity index (χ3v) is 4.22. The predicted octanol–water partition coefficient (Wildman–Crippen LogP) is 4.17. The summed E-state index contributed by atoms with van der Waals surface area (Å²) in [7, 11) is 0. The molecule has 0 spiro atoms. The molecule has 0 unspecified atom stereocenters. The molecule has 3 rings (SSSR count). The van der Waals surface area contributed by atoms with Gasteiger partial charge in [-0.3, -0.25) is 0 Å². The highest BCUT2D eigenvalue weighted by molar-refractivity contribution is 7.71. The molecule has 2 aromatic heterocycles. The predicted molar refractivity (Wildman–Crippen MR) is 89.6 cm³/mol. The summed E-state index contributed by atoms with van der Waals surface area (Å²) in [5.74, 6) is 0.713. The van der Waals surface area contributed by atoms with Crippen molar-refractivity contribution in [3.63, 3.8) is 0 Å². The smallest absolute Gasteiger partial charge is 0.216 e. The van der Waals surface area contributed by atoms with Gasteiger partial charge < -0.3 is 0 Å². The number of aryl methyl sites for hydroxylation is 2. The highest BCUT2D eigenvalue weighted by Crippen LogP contribution is 2.18. The van der Waals surface area contributed by atoms with E-state index in [-0.39, 0.29) is 0 Å². The van der Waals surface area contributed by atoms with Crippen LogP contribution >= 0.6 is 23.6 Å². The molecule has 0 saturated carbocycles. The topological polar surface area (TPSA) is 46.0 Å². The molecule has 0 aliphatic heterocycles. The van der Waals surface area contributed by atoms with Gasteiger partial charge in [0, 0.05) is 15.3 Å². The number of nitrogens with one attached hydrogen (secondary N) is 1. The number of nitrogens with zero attached hydrogens (tertiary/aromatic N) is 3. The lowest BCUT2D eigenvalue weighted by atomic mass is 10.1. The molecule has 106 valence electrons. The van der Waals surface area contributed by atoms with Gasteiger partial charge >= 0.3 is 0 Å². The summed E-state index contributed by atoms with van der Waals surface area (Å²) in [4.78, 5) is 2.34. The van der Waals surface area contributed by atoms with Crippen LogP contribution in [0.5, 0.6) is 0 Å². The Morgan fingerprint density at radius 1 is 1.19 bits per heavy atom. The van der Waals surface area contributed by atoms with Gasteiger partial charge in [-0.1, -0.05) is 29.8 Å². The Hall–Kier alpha value is -2.05. The molecule has 0 amide bonds. The lowest BCUT2D eigenvalue weighted by Gasteiger charge is -2.01. The standard InChI is InChI=1S/C15H14N4S2/c1-10-3-6-12(7-4-10)14-17-18-15(20)19(14)16-9-13-8-5-11(2)21-13/h3-9H,1-2H3,(H,18,20). The minimum atomic E-state index is 0.482. The fourth-order valence-corrected chi connectivity index (χ4v) is 2.85. The molecule has 0 fully saturated rings. The van der Waals surface area contributed by atoms with Crippen molar-refractivity contribution in [3.05, 3.63) is 56.5 Å². The van der Waals surface area contributed by atoms with Crippen LogP contribution in [-0.2, 0) is 0 Å². The maximum Gasteiger partial charge on any atom is 0.216 e. The number of H-pyrrole nitrogens is 1. The monoisotopic (exact) mass is 314 g/mol. The molecule has 6 heteroatoms. The van der Waals surface area contributed by atoms with Crippen LogP contribution in [0.1, 0.15) is 15.3 Å². The van der Waals surface area contributed by atoms with Crippen molar-refractivity contribution in [2.45, 2.75) is 13.8 Å². The highest BCUT2D eigenvalue weighted by atomic mass is 32.1. The Labute approximate surface area is 131 Å². The van der Waals surface area contributed by atoms with E-state index in [0.29, 0.717) is 10.6 Å². The Kier molecular flexibility index (Phi) is 3.81. The van der Waals surface area contributed by atoms with Crippen molar-refractivity contribution in [1.82, 2.24) is 14.9 Å². The molecule has 4 nitrogen and oxygen atoms in total. The van der Waals surface area contributed by atoms with Gasteiger partial charge in [0.15, 0.2) is 5.82 Å². The first-order valence-electron chi connectivity index (χ1n) is 6.49. The van der Waals surface area contributed by atoms with Crippen molar-refractivity contribution in [2.24, 2.45) is 5.10 Å². The Bertz CT molecular complexity index is 837. The van der Waals surface area contributed by atoms with Gasteiger partial charge in [0.05, 0.1) is 6.21 Å². The third-order valence-electron chi connectivity index (χ3n) is 3.02. The zero-order chi connectivity index (χ0) is 14.8. The summed E-state index contributed by atoms with van der Waals surface area (Å²) in [5, 5.41) is 11.5. The largest absolute Gasteiger partial charge is 0.250 e. The van der Waals surface area contributed by atoms with Gasteiger partial charge in [-0.25, -0.2) is 5.10 Å². The van der Waals surface area contributed by atoms with Gasteiger partial charge in [-0.2, -0.15) is 14.9 Å². The van der Waals surface area contributed by atoms with E-state index in [1.807, 2.05) is 30.3 Å². The summed E-state index contributed by atoms with van der Waals surface area (Å²) in [6.07, 6.45) is 1.81. The van der Waals surface area contributed by atoms with Gasteiger partial charge in [0.1, 0.15) is 0 Å². The van der Waals surface area contributed by atoms with E-state index >= 15 is 0 Å². The van der Waals surface area contributed by atoms with Crippen LogP contribution in [0, 0.1) is 18.6 Å². The van der Waals surface area contributed by atoms with Crippen molar-refractivity contribution >= 4 is 29.8 Å².